The maximum atomic E-state index is 11.7. The van der Waals surface area contributed by atoms with Gasteiger partial charge in [-0.1, -0.05) is 36.4 Å². The predicted octanol–water partition coefficient (Wildman–Crippen LogP) is 4.24. The zero-order chi connectivity index (χ0) is 19.0. The van der Waals surface area contributed by atoms with Crippen LogP contribution in [0.25, 0.3) is 21.8 Å². The maximum absolute atomic E-state index is 11.7. The van der Waals surface area contributed by atoms with Crippen LogP contribution in [0.4, 0.5) is 0 Å². The molecule has 0 unspecified atom stereocenters. The molecule has 0 bridgehead atoms. The fourth-order valence-corrected chi connectivity index (χ4v) is 3.82. The summed E-state index contributed by atoms with van der Waals surface area (Å²) in [7, 11) is 0. The van der Waals surface area contributed by atoms with Gasteiger partial charge in [0.25, 0.3) is 0 Å². The second-order valence-electron chi connectivity index (χ2n) is 6.99. The SMILES string of the molecule is CC(=O)O[C@@H](Cn1nc(C)cc1C)Cn1c2ccccc2c2ccccc21. The number of ether oxygens (including phenoxy) is 1. The molecule has 0 aliphatic carbocycles. The monoisotopic (exact) mass is 361 g/mol. The average molecular weight is 361 g/mol. The van der Waals surface area contributed by atoms with Crippen LogP contribution in [-0.2, 0) is 22.6 Å². The van der Waals surface area contributed by atoms with Crippen LogP contribution in [-0.4, -0.2) is 26.4 Å². The van der Waals surface area contributed by atoms with E-state index in [4.69, 9.17) is 4.74 Å². The van der Waals surface area contributed by atoms with Gasteiger partial charge >= 0.3 is 5.97 Å². The zero-order valence-electron chi connectivity index (χ0n) is 15.8. The quantitative estimate of drug-likeness (QED) is 0.500. The number of carbonyl (C=O) groups excluding carboxylic acids is 1. The van der Waals surface area contributed by atoms with Crippen molar-refractivity contribution in [1.29, 1.82) is 0 Å². The van der Waals surface area contributed by atoms with Crippen molar-refractivity contribution in [2.75, 3.05) is 0 Å². The topological polar surface area (TPSA) is 49.1 Å². The second kappa shape index (κ2) is 6.91. The van der Waals surface area contributed by atoms with Crippen LogP contribution in [0.3, 0.4) is 0 Å². The van der Waals surface area contributed by atoms with Crippen LogP contribution in [0.15, 0.2) is 54.6 Å². The van der Waals surface area contributed by atoms with E-state index in [0.29, 0.717) is 13.1 Å². The first-order valence-corrected chi connectivity index (χ1v) is 9.17. The van der Waals surface area contributed by atoms with Crippen molar-refractivity contribution in [2.45, 2.75) is 40.0 Å². The molecule has 27 heavy (non-hydrogen) atoms. The third-order valence-electron chi connectivity index (χ3n) is 4.88. The molecule has 2 heterocycles. The predicted molar refractivity (Wildman–Crippen MR) is 107 cm³/mol. The van der Waals surface area contributed by atoms with Crippen molar-refractivity contribution in [1.82, 2.24) is 14.3 Å². The lowest BCUT2D eigenvalue weighted by Crippen LogP contribution is -2.28. The van der Waals surface area contributed by atoms with E-state index in [1.807, 2.05) is 36.7 Å². The van der Waals surface area contributed by atoms with Gasteiger partial charge in [-0.2, -0.15) is 5.10 Å². The minimum atomic E-state index is -0.306. The molecule has 0 spiro atoms. The number of aromatic nitrogens is 3. The number of rotatable bonds is 5. The number of hydrogen-bond acceptors (Lipinski definition) is 3. The van der Waals surface area contributed by atoms with Gasteiger partial charge in [0.1, 0.15) is 6.10 Å². The number of esters is 1. The number of para-hydroxylation sites is 2. The average Bonchev–Trinajstić information content (AvgIpc) is 3.12. The van der Waals surface area contributed by atoms with Crippen molar-refractivity contribution < 1.29 is 9.53 Å². The lowest BCUT2D eigenvalue weighted by molar-refractivity contribution is -0.147. The molecule has 0 radical (unpaired) electrons. The fourth-order valence-electron chi connectivity index (χ4n) is 3.82. The minimum absolute atomic E-state index is 0.276. The summed E-state index contributed by atoms with van der Waals surface area (Å²) in [6.07, 6.45) is -0.306. The summed E-state index contributed by atoms with van der Waals surface area (Å²) in [6.45, 7) is 6.55. The van der Waals surface area contributed by atoms with Crippen LogP contribution in [0.5, 0.6) is 0 Å². The Morgan fingerprint density at radius 3 is 2.11 bits per heavy atom. The van der Waals surface area contributed by atoms with Gasteiger partial charge in [-0.05, 0) is 32.0 Å². The molecule has 0 fully saturated rings. The van der Waals surface area contributed by atoms with Gasteiger partial charge in [0.2, 0.25) is 0 Å². The number of aryl methyl sites for hydroxylation is 2. The Morgan fingerprint density at radius 2 is 1.59 bits per heavy atom. The van der Waals surface area contributed by atoms with E-state index in [2.05, 4.69) is 46.1 Å². The highest BCUT2D eigenvalue weighted by molar-refractivity contribution is 6.07. The van der Waals surface area contributed by atoms with Crippen molar-refractivity contribution >= 4 is 27.8 Å². The molecule has 0 amide bonds. The second-order valence-corrected chi connectivity index (χ2v) is 6.99. The van der Waals surface area contributed by atoms with Crippen LogP contribution < -0.4 is 0 Å². The molecule has 2 aromatic carbocycles. The molecule has 0 aliphatic rings. The van der Waals surface area contributed by atoms with Gasteiger partial charge < -0.3 is 9.30 Å². The lowest BCUT2D eigenvalue weighted by Gasteiger charge is -2.20. The Kier molecular flexibility index (Phi) is 4.44. The Bertz CT molecular complexity index is 1070. The molecular formula is C22H23N3O2. The first-order valence-electron chi connectivity index (χ1n) is 9.17. The molecule has 4 rings (SSSR count). The van der Waals surface area contributed by atoms with E-state index >= 15 is 0 Å². The van der Waals surface area contributed by atoms with Crippen molar-refractivity contribution in [2.24, 2.45) is 0 Å². The highest BCUT2D eigenvalue weighted by Crippen LogP contribution is 2.29. The van der Waals surface area contributed by atoms with Crippen LogP contribution >= 0.6 is 0 Å². The summed E-state index contributed by atoms with van der Waals surface area (Å²) in [5.74, 6) is -0.276. The largest absolute Gasteiger partial charge is 0.459 e. The van der Waals surface area contributed by atoms with Gasteiger partial charge in [-0.25, -0.2) is 0 Å². The summed E-state index contributed by atoms with van der Waals surface area (Å²) in [5.41, 5.74) is 4.31. The van der Waals surface area contributed by atoms with Crippen molar-refractivity contribution in [3.05, 3.63) is 66.0 Å². The van der Waals surface area contributed by atoms with E-state index in [1.165, 1.54) is 17.7 Å². The molecule has 0 saturated carbocycles. The van der Waals surface area contributed by atoms with E-state index in [-0.39, 0.29) is 12.1 Å². The summed E-state index contributed by atoms with van der Waals surface area (Å²) in [5, 5.41) is 6.95. The molecule has 4 aromatic rings. The number of carbonyl (C=O) groups is 1. The van der Waals surface area contributed by atoms with Crippen LogP contribution in [0.1, 0.15) is 18.3 Å². The van der Waals surface area contributed by atoms with Gasteiger partial charge in [-0.3, -0.25) is 9.48 Å². The Labute approximate surface area is 158 Å². The van der Waals surface area contributed by atoms with E-state index < -0.39 is 0 Å². The van der Waals surface area contributed by atoms with E-state index in [9.17, 15) is 4.79 Å². The van der Waals surface area contributed by atoms with Crippen LogP contribution in [0.2, 0.25) is 0 Å². The first-order chi connectivity index (χ1) is 13.0. The number of hydrogen-bond donors (Lipinski definition) is 0. The summed E-state index contributed by atoms with van der Waals surface area (Å²) in [4.78, 5) is 11.7. The third-order valence-corrected chi connectivity index (χ3v) is 4.88. The van der Waals surface area contributed by atoms with Crippen molar-refractivity contribution in [3.63, 3.8) is 0 Å². The maximum Gasteiger partial charge on any atom is 0.303 e. The van der Waals surface area contributed by atoms with Crippen LogP contribution in [0, 0.1) is 13.8 Å². The van der Waals surface area contributed by atoms with E-state index in [0.717, 1.165) is 22.4 Å². The molecule has 2 aromatic heterocycles. The zero-order valence-corrected chi connectivity index (χ0v) is 15.8. The molecule has 5 nitrogen and oxygen atoms in total. The Hall–Kier alpha value is -3.08. The minimum Gasteiger partial charge on any atom is -0.459 e. The van der Waals surface area contributed by atoms with Gasteiger partial charge in [0.15, 0.2) is 0 Å². The summed E-state index contributed by atoms with van der Waals surface area (Å²) in [6, 6.07) is 18.7. The smallest absolute Gasteiger partial charge is 0.303 e. The summed E-state index contributed by atoms with van der Waals surface area (Å²) >= 11 is 0. The van der Waals surface area contributed by atoms with Gasteiger partial charge in [0, 0.05) is 34.4 Å². The number of benzene rings is 2. The molecule has 0 N–H and O–H groups in total. The molecular weight excluding hydrogens is 338 g/mol. The third kappa shape index (κ3) is 3.33. The molecule has 5 heteroatoms. The molecule has 0 aliphatic heterocycles. The normalized spacial score (nSPS) is 12.6. The lowest BCUT2D eigenvalue weighted by atomic mass is 10.2. The highest BCUT2D eigenvalue weighted by Gasteiger charge is 2.19. The molecule has 138 valence electrons. The first kappa shape index (κ1) is 17.3. The Morgan fingerprint density at radius 1 is 1.00 bits per heavy atom. The Balaban J connectivity index is 1.76. The van der Waals surface area contributed by atoms with Gasteiger partial charge in [-0.15, -0.1) is 0 Å². The summed E-state index contributed by atoms with van der Waals surface area (Å²) < 4.78 is 9.82. The van der Waals surface area contributed by atoms with Gasteiger partial charge in [0.05, 0.1) is 18.8 Å². The number of fused-ring (bicyclic) bond motifs is 3. The fraction of sp³-hybridized carbons (Fsp3) is 0.273. The standard InChI is InChI=1S/C22H23N3O2/c1-15-12-16(2)25(23-15)14-18(27-17(3)26)13-24-21-10-6-4-8-19(21)20-9-5-7-11-22(20)24/h4-12,18H,13-14H2,1-3H3/t18-/m1/s1. The molecule has 0 saturated heterocycles. The molecule has 1 atom stereocenters. The van der Waals surface area contributed by atoms with Crippen molar-refractivity contribution in [3.8, 4) is 0 Å². The van der Waals surface area contributed by atoms with E-state index in [1.54, 1.807) is 0 Å². The highest BCUT2D eigenvalue weighted by atomic mass is 16.5. The number of nitrogens with zero attached hydrogens (tertiary/aromatic N) is 3.